The molecule has 69 heavy (non-hydrogen) atoms. The van der Waals surface area contributed by atoms with E-state index in [9.17, 15) is 24.4 Å². The zero-order valence-electron chi connectivity index (χ0n) is 39.4. The molecule has 3 heterocycles. The van der Waals surface area contributed by atoms with Crippen molar-refractivity contribution in [2.45, 2.75) is 91.4 Å². The van der Waals surface area contributed by atoms with E-state index in [1.165, 1.54) is 34.4 Å². The molecule has 1 aromatic heterocycles. The minimum absolute atomic E-state index is 0.0838. The van der Waals surface area contributed by atoms with E-state index in [-0.39, 0.29) is 45.7 Å². The number of unbranched alkanes of at least 4 members (excludes halogenated alkanes) is 1. The van der Waals surface area contributed by atoms with Crippen LogP contribution in [-0.2, 0) is 30.5 Å². The van der Waals surface area contributed by atoms with Crippen molar-refractivity contribution in [1.82, 2.24) is 20.5 Å². The Bertz CT molecular complexity index is 2770. The number of amides is 4. The number of ether oxygens (including phenoxy) is 2. The molecule has 2 atom stereocenters. The van der Waals surface area contributed by atoms with Crippen LogP contribution in [-0.4, -0.2) is 82.6 Å². The number of oxazole rings is 1. The van der Waals surface area contributed by atoms with Crippen LogP contribution in [0, 0.1) is 29.5 Å². The second-order valence-electron chi connectivity index (χ2n) is 18.6. The molecule has 0 spiro atoms. The number of benzene rings is 4. The lowest BCUT2D eigenvalue weighted by Gasteiger charge is -2.35. The van der Waals surface area contributed by atoms with Crippen molar-refractivity contribution >= 4 is 63.9 Å². The van der Waals surface area contributed by atoms with Gasteiger partial charge in [-0.2, -0.15) is 5.26 Å². The minimum atomic E-state index is -1.21. The number of anilines is 2. The molecule has 14 nitrogen and oxygen atoms in total. The van der Waals surface area contributed by atoms with Gasteiger partial charge in [-0.25, -0.2) is 9.37 Å². The average Bonchev–Trinajstić information content (AvgIpc) is 4.03. The third-order valence-corrected chi connectivity index (χ3v) is 12.9. The molecule has 360 valence electrons. The van der Waals surface area contributed by atoms with Gasteiger partial charge in [0.2, 0.25) is 17.7 Å². The van der Waals surface area contributed by atoms with Crippen molar-refractivity contribution in [3.63, 3.8) is 0 Å². The Morgan fingerprint density at radius 3 is 2.35 bits per heavy atom. The van der Waals surface area contributed by atoms with Gasteiger partial charge in [0.05, 0.1) is 34.3 Å². The largest absolute Gasteiger partial charge is 0.494 e. The summed E-state index contributed by atoms with van der Waals surface area (Å²) in [5.41, 5.74) is 2.88. The maximum Gasteiger partial charge on any atom is 0.259 e. The highest BCUT2D eigenvalue weighted by Crippen LogP contribution is 2.40. The first-order chi connectivity index (χ1) is 32.9. The number of nitrogens with zero attached hydrogens (tertiary/aromatic N) is 5. The minimum Gasteiger partial charge on any atom is -0.494 e. The van der Waals surface area contributed by atoms with Crippen molar-refractivity contribution in [2.24, 2.45) is 5.41 Å². The van der Waals surface area contributed by atoms with Crippen LogP contribution in [0.2, 0.25) is 5.02 Å². The Labute approximate surface area is 411 Å². The summed E-state index contributed by atoms with van der Waals surface area (Å²) >= 11 is 12.0. The summed E-state index contributed by atoms with van der Waals surface area (Å²) < 4.78 is 33.0. The molecule has 2 saturated heterocycles. The predicted octanol–water partition coefficient (Wildman–Crippen LogP) is 8.91. The number of hydrogen-bond donors (Lipinski definition) is 2. The molecule has 1 unspecified atom stereocenters. The van der Waals surface area contributed by atoms with E-state index < -0.39 is 34.8 Å². The summed E-state index contributed by atoms with van der Waals surface area (Å²) in [7, 11) is 0. The normalized spacial score (nSPS) is 16.1. The van der Waals surface area contributed by atoms with Crippen LogP contribution in [0.25, 0.3) is 22.5 Å². The Balaban J connectivity index is 0.834. The highest BCUT2D eigenvalue weighted by molar-refractivity contribution is 7.81. The lowest BCUT2D eigenvalue weighted by Crippen LogP contribution is -2.58. The monoisotopic (exact) mass is 975 g/mol. The number of rotatable bonds is 17. The standard InChI is InChI=1S/C52H55ClFN7O7S/c1-32-45(68-31-57-32)35-13-11-33(12-14-35)29-56-47(63)43-10-9-23-59(43)48(64)46(51(2,3)4)58-44(62)30-66-24-7-8-25-67-39-20-16-34(17-21-39)36-18-22-42(41(54)26-36)61-50(69)60(49(65)52(61,5)6)38-19-15-37(28-55)40(53)27-38/h11-22,26-27,31,43,46H,7-10,23-25,29-30H2,1-6H3,(H,56,63)(H,58,62)/t43-,46?/m0/s1. The summed E-state index contributed by atoms with van der Waals surface area (Å²) in [6.07, 6.45) is 3.88. The van der Waals surface area contributed by atoms with Crippen molar-refractivity contribution in [2.75, 3.05) is 36.2 Å². The highest BCUT2D eigenvalue weighted by Gasteiger charge is 2.51. The summed E-state index contributed by atoms with van der Waals surface area (Å²) in [4.78, 5) is 62.5. The number of aromatic nitrogens is 1. The van der Waals surface area contributed by atoms with Gasteiger partial charge in [-0.05, 0) is 123 Å². The molecule has 0 radical (unpaired) electrons. The molecule has 0 saturated carbocycles. The van der Waals surface area contributed by atoms with Gasteiger partial charge in [-0.1, -0.05) is 74.8 Å². The lowest BCUT2D eigenvalue weighted by molar-refractivity contribution is -0.144. The maximum absolute atomic E-state index is 15.9. The van der Waals surface area contributed by atoms with Gasteiger partial charge in [0.1, 0.15) is 41.9 Å². The molecule has 2 aliphatic heterocycles. The fourth-order valence-corrected chi connectivity index (χ4v) is 9.15. The van der Waals surface area contributed by atoms with Crippen LogP contribution >= 0.6 is 23.8 Å². The van der Waals surface area contributed by atoms with E-state index in [1.54, 1.807) is 49.1 Å². The zero-order chi connectivity index (χ0) is 49.6. The van der Waals surface area contributed by atoms with Gasteiger partial charge in [-0.3, -0.25) is 24.1 Å². The molecule has 0 aliphatic carbocycles. The molecule has 7 rings (SSSR count). The third kappa shape index (κ3) is 11.3. The van der Waals surface area contributed by atoms with Crippen LogP contribution in [0.15, 0.2) is 95.7 Å². The molecule has 5 aromatic rings. The number of nitrogens with one attached hydrogen (secondary N) is 2. The summed E-state index contributed by atoms with van der Waals surface area (Å²) in [6, 6.07) is 24.7. The molecule has 0 bridgehead atoms. The van der Waals surface area contributed by atoms with Gasteiger partial charge in [0.15, 0.2) is 17.3 Å². The second-order valence-corrected chi connectivity index (χ2v) is 19.4. The van der Waals surface area contributed by atoms with Crippen molar-refractivity contribution < 1.29 is 37.5 Å². The SMILES string of the molecule is Cc1ncoc1-c1ccc(CNC(=O)[C@@H]2CCCN2C(=O)C(NC(=O)COCCCCOc2ccc(-c3ccc(N4C(=S)N(c5ccc(C#N)c(Cl)c5)C(=O)C4(C)C)c(F)c3)cc2)C(C)(C)C)cc1. The first-order valence-corrected chi connectivity index (χ1v) is 23.5. The zero-order valence-corrected chi connectivity index (χ0v) is 41.0. The van der Waals surface area contributed by atoms with E-state index >= 15 is 4.39 Å². The smallest absolute Gasteiger partial charge is 0.259 e. The fourth-order valence-electron chi connectivity index (χ4n) is 8.41. The van der Waals surface area contributed by atoms with Crippen molar-refractivity contribution in [3.8, 4) is 34.3 Å². The Kier molecular flexibility index (Phi) is 15.5. The molecule has 2 aliphatic rings. The Hall–Kier alpha value is -6.67. The van der Waals surface area contributed by atoms with Gasteiger partial charge in [-0.15, -0.1) is 0 Å². The number of hydrogen-bond acceptors (Lipinski definition) is 10. The Morgan fingerprint density at radius 1 is 1.00 bits per heavy atom. The number of carbonyl (C=O) groups excluding carboxylic acids is 4. The second kappa shape index (κ2) is 21.3. The lowest BCUT2D eigenvalue weighted by atomic mass is 9.85. The Morgan fingerprint density at radius 2 is 1.70 bits per heavy atom. The molecule has 2 fully saturated rings. The third-order valence-electron chi connectivity index (χ3n) is 12.2. The highest BCUT2D eigenvalue weighted by atomic mass is 35.5. The van der Waals surface area contributed by atoms with Gasteiger partial charge in [0, 0.05) is 25.3 Å². The van der Waals surface area contributed by atoms with Crippen LogP contribution in [0.1, 0.15) is 77.1 Å². The average molecular weight is 977 g/mol. The maximum atomic E-state index is 15.9. The van der Waals surface area contributed by atoms with Crippen LogP contribution in [0.5, 0.6) is 5.75 Å². The van der Waals surface area contributed by atoms with Gasteiger partial charge >= 0.3 is 0 Å². The van der Waals surface area contributed by atoms with E-state index in [1.807, 2.05) is 70.2 Å². The van der Waals surface area contributed by atoms with Crippen LogP contribution in [0.4, 0.5) is 15.8 Å². The van der Waals surface area contributed by atoms with Crippen molar-refractivity contribution in [3.05, 3.63) is 119 Å². The molecule has 2 N–H and O–H groups in total. The quantitative estimate of drug-likeness (QED) is 0.0674. The van der Waals surface area contributed by atoms with Crippen LogP contribution < -0.4 is 25.2 Å². The predicted molar refractivity (Wildman–Crippen MR) is 265 cm³/mol. The van der Waals surface area contributed by atoms with E-state index in [0.29, 0.717) is 74.7 Å². The van der Waals surface area contributed by atoms with Crippen LogP contribution in [0.3, 0.4) is 0 Å². The molecular weight excluding hydrogens is 921 g/mol. The number of thiocarbonyl (C=S) groups is 1. The van der Waals surface area contributed by atoms with E-state index in [0.717, 1.165) is 22.4 Å². The topological polar surface area (TPSA) is 170 Å². The van der Waals surface area contributed by atoms with E-state index in [4.69, 9.17) is 37.7 Å². The number of carbonyl (C=O) groups is 4. The molecule has 17 heteroatoms. The number of nitriles is 1. The molecule has 4 aromatic carbocycles. The molecule has 4 amide bonds. The van der Waals surface area contributed by atoms with Crippen molar-refractivity contribution in [1.29, 1.82) is 5.26 Å². The van der Waals surface area contributed by atoms with Gasteiger partial charge < -0.3 is 34.3 Å². The molecular formula is C52H55ClFN7O7S. The summed E-state index contributed by atoms with van der Waals surface area (Å²) in [5, 5.41) is 15.4. The first-order valence-electron chi connectivity index (χ1n) is 22.7. The summed E-state index contributed by atoms with van der Waals surface area (Å²) in [5.74, 6) is -0.574. The number of halogens is 2. The number of aryl methyl sites for hydroxylation is 1. The fraction of sp³-hybridized carbons (Fsp3) is 0.365. The first kappa shape index (κ1) is 50.2. The summed E-state index contributed by atoms with van der Waals surface area (Å²) in [6.45, 7) is 12.0. The van der Waals surface area contributed by atoms with Gasteiger partial charge in [0.25, 0.3) is 5.91 Å². The van der Waals surface area contributed by atoms with E-state index in [2.05, 4.69) is 15.6 Å². The number of likely N-dealkylation sites (tertiary alicyclic amines) is 1.